The van der Waals surface area contributed by atoms with Crippen molar-refractivity contribution in [1.82, 2.24) is 0 Å². The van der Waals surface area contributed by atoms with E-state index >= 15 is 0 Å². The van der Waals surface area contributed by atoms with E-state index in [1.165, 1.54) is 0 Å². The Bertz CT molecular complexity index is 244. The Hall–Kier alpha value is 0.0700. The summed E-state index contributed by atoms with van der Waals surface area (Å²) in [7, 11) is -2.11. The lowest BCUT2D eigenvalue weighted by Gasteiger charge is -2.40. The van der Waals surface area contributed by atoms with Crippen LogP contribution in [0.3, 0.4) is 0 Å². The summed E-state index contributed by atoms with van der Waals surface area (Å²) in [6.07, 6.45) is 2.35. The highest BCUT2D eigenvalue weighted by molar-refractivity contribution is 7.46. The highest BCUT2D eigenvalue weighted by atomic mass is 31.2. The van der Waals surface area contributed by atoms with Gasteiger partial charge >= 0.3 is 7.82 Å². The average Bonchev–Trinajstić information content (AvgIpc) is 2.08. The van der Waals surface area contributed by atoms with E-state index in [0.717, 1.165) is 43.4 Å². The van der Waals surface area contributed by atoms with Crippen LogP contribution in [0.5, 0.6) is 0 Å². The predicted octanol–water partition coefficient (Wildman–Crippen LogP) is 1.11. The highest BCUT2D eigenvalue weighted by Gasteiger charge is 2.32. The molecule has 1 rings (SSSR count). The summed E-state index contributed by atoms with van der Waals surface area (Å²) in [6, 6.07) is 0. The van der Waals surface area contributed by atoms with Gasteiger partial charge in [0.2, 0.25) is 0 Å². The quantitative estimate of drug-likeness (QED) is 0.569. The zero-order chi connectivity index (χ0) is 11.5. The molecule has 0 aromatic carbocycles. The number of rotatable bonds is 4. The molecule has 1 saturated heterocycles. The third-order valence-corrected chi connectivity index (χ3v) is 3.60. The lowest BCUT2D eigenvalue weighted by molar-refractivity contribution is -0.915. The second kappa shape index (κ2) is 4.93. The topological polar surface area (TPSA) is 66.8 Å². The Morgan fingerprint density at radius 2 is 1.93 bits per heavy atom. The summed E-state index contributed by atoms with van der Waals surface area (Å²) >= 11 is 0. The summed E-state index contributed by atoms with van der Waals surface area (Å²) in [6.45, 7) is 5.17. The van der Waals surface area contributed by atoms with Crippen molar-refractivity contribution in [2.24, 2.45) is 0 Å². The average molecular weight is 238 g/mol. The van der Waals surface area contributed by atoms with E-state index < -0.39 is 7.82 Å². The Morgan fingerprint density at radius 3 is 2.33 bits per heavy atom. The van der Waals surface area contributed by atoms with Gasteiger partial charge in [0.15, 0.2) is 0 Å². The standard InChI is InChI=1S/C9H20NO4P/c1-3-6-10(2)7-4-9(5-8-10)14-15(11,12)13/h9H,3-8H2,1-2H3,(H-,11,12,13)/p+1. The summed E-state index contributed by atoms with van der Waals surface area (Å²) in [5, 5.41) is 0. The van der Waals surface area contributed by atoms with Crippen LogP contribution in [0, 0.1) is 0 Å². The maximum atomic E-state index is 10.7. The zero-order valence-electron chi connectivity index (χ0n) is 9.43. The van der Waals surface area contributed by atoms with Crippen LogP contribution >= 0.6 is 7.82 Å². The fourth-order valence-electron chi connectivity index (χ4n) is 2.23. The molecule has 15 heavy (non-hydrogen) atoms. The second-order valence-electron chi connectivity index (χ2n) is 4.59. The molecule has 0 bridgehead atoms. The molecule has 90 valence electrons. The van der Waals surface area contributed by atoms with Crippen molar-refractivity contribution in [3.05, 3.63) is 0 Å². The fraction of sp³-hybridized carbons (Fsp3) is 1.00. The SMILES string of the molecule is CCC[N+]1(C)CCC(OP(=O)(O)O)CC1. The van der Waals surface area contributed by atoms with E-state index in [1.54, 1.807) is 0 Å². The highest BCUT2D eigenvalue weighted by Crippen LogP contribution is 2.40. The largest absolute Gasteiger partial charge is 0.469 e. The van der Waals surface area contributed by atoms with Gasteiger partial charge in [-0.2, -0.15) is 0 Å². The van der Waals surface area contributed by atoms with Crippen molar-refractivity contribution in [2.75, 3.05) is 26.7 Å². The van der Waals surface area contributed by atoms with Crippen LogP contribution in [-0.4, -0.2) is 47.1 Å². The van der Waals surface area contributed by atoms with Gasteiger partial charge in [-0.25, -0.2) is 4.57 Å². The molecule has 0 radical (unpaired) electrons. The van der Waals surface area contributed by atoms with Crippen LogP contribution in [-0.2, 0) is 9.09 Å². The third kappa shape index (κ3) is 4.62. The van der Waals surface area contributed by atoms with Crippen LogP contribution in [0.15, 0.2) is 0 Å². The van der Waals surface area contributed by atoms with Crippen molar-refractivity contribution in [2.45, 2.75) is 32.3 Å². The first-order valence-corrected chi connectivity index (χ1v) is 6.95. The second-order valence-corrected chi connectivity index (χ2v) is 5.78. The molecule has 0 aliphatic carbocycles. The fourth-order valence-corrected chi connectivity index (χ4v) is 2.83. The normalized spacial score (nSPS) is 32.9. The molecular formula is C9H21NO4P+. The summed E-state index contributed by atoms with van der Waals surface area (Å²) in [5.74, 6) is 0. The minimum Gasteiger partial charge on any atom is -0.326 e. The molecule has 1 fully saturated rings. The molecule has 0 saturated carbocycles. The Kier molecular flexibility index (Phi) is 4.32. The van der Waals surface area contributed by atoms with Crippen molar-refractivity contribution >= 4 is 7.82 Å². The van der Waals surface area contributed by atoms with Gasteiger partial charge < -0.3 is 14.3 Å². The van der Waals surface area contributed by atoms with Gasteiger partial charge in [-0.1, -0.05) is 6.92 Å². The van der Waals surface area contributed by atoms with E-state index in [0.29, 0.717) is 0 Å². The molecule has 1 aliphatic rings. The van der Waals surface area contributed by atoms with Crippen LogP contribution < -0.4 is 0 Å². The van der Waals surface area contributed by atoms with Gasteiger partial charge in [0.1, 0.15) is 0 Å². The first-order chi connectivity index (χ1) is 6.85. The number of nitrogens with zero attached hydrogens (tertiary/aromatic N) is 1. The lowest BCUT2D eigenvalue weighted by Crippen LogP contribution is -2.51. The third-order valence-electron chi connectivity index (χ3n) is 3.03. The number of phosphoric ester groups is 1. The van der Waals surface area contributed by atoms with Crippen LogP contribution in [0.1, 0.15) is 26.2 Å². The van der Waals surface area contributed by atoms with Crippen LogP contribution in [0.2, 0.25) is 0 Å². The Labute approximate surface area is 90.9 Å². The molecule has 0 unspecified atom stereocenters. The number of hydrogen-bond donors (Lipinski definition) is 2. The Balaban J connectivity index is 2.39. The first kappa shape index (κ1) is 13.1. The summed E-state index contributed by atoms with van der Waals surface area (Å²) < 4.78 is 16.4. The van der Waals surface area contributed by atoms with Gasteiger partial charge in [0.05, 0.1) is 32.8 Å². The van der Waals surface area contributed by atoms with E-state index in [-0.39, 0.29) is 6.10 Å². The van der Waals surface area contributed by atoms with Crippen LogP contribution in [0.4, 0.5) is 0 Å². The molecule has 0 aromatic rings. The molecule has 0 spiro atoms. The molecule has 2 N–H and O–H groups in total. The minimum absolute atomic E-state index is 0.270. The lowest BCUT2D eigenvalue weighted by atomic mass is 10.1. The van der Waals surface area contributed by atoms with E-state index in [9.17, 15) is 4.57 Å². The number of quaternary nitrogens is 1. The smallest absolute Gasteiger partial charge is 0.326 e. The van der Waals surface area contributed by atoms with Gasteiger partial charge in [0, 0.05) is 12.8 Å². The van der Waals surface area contributed by atoms with Gasteiger partial charge in [-0.15, -0.1) is 0 Å². The summed E-state index contributed by atoms with van der Waals surface area (Å²) in [5.41, 5.74) is 0. The molecule has 6 heteroatoms. The number of likely N-dealkylation sites (tertiary alicyclic amines) is 1. The maximum absolute atomic E-state index is 10.7. The van der Waals surface area contributed by atoms with Crippen molar-refractivity contribution in [1.29, 1.82) is 0 Å². The molecule has 0 aromatic heterocycles. The summed E-state index contributed by atoms with van der Waals surface area (Å²) in [4.78, 5) is 17.4. The van der Waals surface area contributed by atoms with E-state index in [4.69, 9.17) is 14.3 Å². The number of hydrogen-bond acceptors (Lipinski definition) is 2. The maximum Gasteiger partial charge on any atom is 0.469 e. The van der Waals surface area contributed by atoms with E-state index in [1.807, 2.05) is 0 Å². The minimum atomic E-state index is -4.30. The molecular weight excluding hydrogens is 217 g/mol. The predicted molar refractivity (Wildman–Crippen MR) is 57.2 cm³/mol. The van der Waals surface area contributed by atoms with E-state index in [2.05, 4.69) is 14.0 Å². The van der Waals surface area contributed by atoms with Crippen LogP contribution in [0.25, 0.3) is 0 Å². The Morgan fingerprint density at radius 1 is 1.40 bits per heavy atom. The van der Waals surface area contributed by atoms with Crippen molar-refractivity contribution < 1.29 is 23.4 Å². The van der Waals surface area contributed by atoms with Gasteiger partial charge in [-0.05, 0) is 6.42 Å². The number of phosphoric acid groups is 1. The molecule has 0 amide bonds. The van der Waals surface area contributed by atoms with Gasteiger partial charge in [0.25, 0.3) is 0 Å². The molecule has 0 atom stereocenters. The molecule has 1 heterocycles. The first-order valence-electron chi connectivity index (χ1n) is 5.42. The molecule has 5 nitrogen and oxygen atoms in total. The monoisotopic (exact) mass is 238 g/mol. The van der Waals surface area contributed by atoms with Crippen molar-refractivity contribution in [3.8, 4) is 0 Å². The molecule has 1 aliphatic heterocycles. The zero-order valence-corrected chi connectivity index (χ0v) is 10.3. The number of piperidine rings is 1. The van der Waals surface area contributed by atoms with Gasteiger partial charge in [-0.3, -0.25) is 4.52 Å². The van der Waals surface area contributed by atoms with Crippen molar-refractivity contribution in [3.63, 3.8) is 0 Å².